The van der Waals surface area contributed by atoms with Crippen molar-refractivity contribution in [1.82, 2.24) is 5.32 Å². The first-order chi connectivity index (χ1) is 9.24. The van der Waals surface area contributed by atoms with Crippen LogP contribution in [0.4, 0.5) is 0 Å². The SMILES string of the molecule is COCCCCNC(=O)CCCc1ccccc1Cl. The number of amides is 1. The second kappa shape index (κ2) is 9.82. The minimum Gasteiger partial charge on any atom is -0.385 e. The second-order valence-corrected chi connectivity index (χ2v) is 4.90. The van der Waals surface area contributed by atoms with Crippen LogP contribution in [0.25, 0.3) is 0 Å². The van der Waals surface area contributed by atoms with E-state index in [0.717, 1.165) is 49.4 Å². The highest BCUT2D eigenvalue weighted by molar-refractivity contribution is 6.31. The van der Waals surface area contributed by atoms with Crippen LogP contribution in [0.3, 0.4) is 0 Å². The van der Waals surface area contributed by atoms with Crippen molar-refractivity contribution in [2.24, 2.45) is 0 Å². The highest BCUT2D eigenvalue weighted by Crippen LogP contribution is 2.16. The second-order valence-electron chi connectivity index (χ2n) is 4.49. The molecule has 0 spiro atoms. The molecule has 0 saturated carbocycles. The van der Waals surface area contributed by atoms with Crippen molar-refractivity contribution in [2.75, 3.05) is 20.3 Å². The number of carbonyl (C=O) groups excluding carboxylic acids is 1. The molecule has 0 fully saturated rings. The van der Waals surface area contributed by atoms with Crippen LogP contribution >= 0.6 is 11.6 Å². The van der Waals surface area contributed by atoms with Crippen molar-refractivity contribution < 1.29 is 9.53 Å². The minimum atomic E-state index is 0.115. The molecule has 0 radical (unpaired) electrons. The van der Waals surface area contributed by atoms with Crippen LogP contribution in [-0.4, -0.2) is 26.2 Å². The van der Waals surface area contributed by atoms with E-state index in [9.17, 15) is 4.79 Å². The smallest absolute Gasteiger partial charge is 0.220 e. The van der Waals surface area contributed by atoms with E-state index in [1.165, 1.54) is 0 Å². The van der Waals surface area contributed by atoms with Crippen LogP contribution < -0.4 is 5.32 Å². The molecule has 0 aliphatic heterocycles. The van der Waals surface area contributed by atoms with Crippen LogP contribution in [0, 0.1) is 0 Å². The summed E-state index contributed by atoms with van der Waals surface area (Å²) in [5, 5.41) is 3.70. The van der Waals surface area contributed by atoms with Crippen molar-refractivity contribution in [2.45, 2.75) is 32.1 Å². The molecule has 1 amide bonds. The molecule has 3 nitrogen and oxygen atoms in total. The number of carbonyl (C=O) groups is 1. The molecule has 0 aliphatic rings. The lowest BCUT2D eigenvalue weighted by molar-refractivity contribution is -0.121. The first kappa shape index (κ1) is 16.0. The summed E-state index contributed by atoms with van der Waals surface area (Å²) in [6.45, 7) is 1.48. The van der Waals surface area contributed by atoms with Gasteiger partial charge in [0, 0.05) is 31.7 Å². The Morgan fingerprint density at radius 2 is 2.05 bits per heavy atom. The van der Waals surface area contributed by atoms with Crippen LogP contribution in [0.2, 0.25) is 5.02 Å². The maximum atomic E-state index is 11.6. The van der Waals surface area contributed by atoms with E-state index in [-0.39, 0.29) is 5.91 Å². The van der Waals surface area contributed by atoms with Gasteiger partial charge in [-0.1, -0.05) is 29.8 Å². The number of rotatable bonds is 9. The largest absolute Gasteiger partial charge is 0.385 e. The summed E-state index contributed by atoms with van der Waals surface area (Å²) in [6, 6.07) is 7.77. The predicted molar refractivity (Wildman–Crippen MR) is 78.5 cm³/mol. The molecule has 19 heavy (non-hydrogen) atoms. The minimum absolute atomic E-state index is 0.115. The van der Waals surface area contributed by atoms with E-state index >= 15 is 0 Å². The quantitative estimate of drug-likeness (QED) is 0.707. The van der Waals surface area contributed by atoms with Crippen LogP contribution in [0.1, 0.15) is 31.2 Å². The van der Waals surface area contributed by atoms with E-state index in [1.807, 2.05) is 24.3 Å². The van der Waals surface area contributed by atoms with Gasteiger partial charge in [-0.15, -0.1) is 0 Å². The topological polar surface area (TPSA) is 38.3 Å². The third-order valence-electron chi connectivity index (χ3n) is 2.91. The Hall–Kier alpha value is -1.06. The summed E-state index contributed by atoms with van der Waals surface area (Å²) >= 11 is 6.06. The van der Waals surface area contributed by atoms with Gasteiger partial charge in [0.15, 0.2) is 0 Å². The van der Waals surface area contributed by atoms with Gasteiger partial charge in [-0.3, -0.25) is 4.79 Å². The Bertz CT molecular complexity index is 382. The first-order valence-corrected chi connectivity index (χ1v) is 7.11. The van der Waals surface area contributed by atoms with Crippen LogP contribution in [0.5, 0.6) is 0 Å². The van der Waals surface area contributed by atoms with Gasteiger partial charge in [-0.2, -0.15) is 0 Å². The van der Waals surface area contributed by atoms with E-state index in [1.54, 1.807) is 7.11 Å². The Morgan fingerprint density at radius 3 is 2.79 bits per heavy atom. The summed E-state index contributed by atoms with van der Waals surface area (Å²) in [5.74, 6) is 0.115. The molecule has 1 rings (SSSR count). The molecule has 1 aromatic carbocycles. The number of aryl methyl sites for hydroxylation is 1. The maximum absolute atomic E-state index is 11.6. The zero-order chi connectivity index (χ0) is 13.9. The van der Waals surface area contributed by atoms with Crippen molar-refractivity contribution >= 4 is 17.5 Å². The molecule has 0 heterocycles. The normalized spacial score (nSPS) is 10.4. The van der Waals surface area contributed by atoms with Gasteiger partial charge < -0.3 is 10.1 Å². The summed E-state index contributed by atoms with van der Waals surface area (Å²) < 4.78 is 4.95. The fourth-order valence-electron chi connectivity index (χ4n) is 1.83. The average molecular weight is 284 g/mol. The van der Waals surface area contributed by atoms with Crippen molar-refractivity contribution in [3.8, 4) is 0 Å². The summed E-state index contributed by atoms with van der Waals surface area (Å²) in [4.78, 5) is 11.6. The van der Waals surface area contributed by atoms with E-state index < -0.39 is 0 Å². The summed E-state index contributed by atoms with van der Waals surface area (Å²) in [7, 11) is 1.69. The third kappa shape index (κ3) is 7.19. The number of unbranched alkanes of at least 4 members (excludes halogenated alkanes) is 1. The maximum Gasteiger partial charge on any atom is 0.220 e. The fraction of sp³-hybridized carbons (Fsp3) is 0.533. The number of benzene rings is 1. The van der Waals surface area contributed by atoms with Gasteiger partial charge in [0.1, 0.15) is 0 Å². The monoisotopic (exact) mass is 283 g/mol. The number of hydrogen-bond donors (Lipinski definition) is 1. The summed E-state index contributed by atoms with van der Waals surface area (Å²) in [5.41, 5.74) is 1.11. The Balaban J connectivity index is 2.09. The highest BCUT2D eigenvalue weighted by atomic mass is 35.5. The molecule has 1 aromatic rings. The van der Waals surface area contributed by atoms with Gasteiger partial charge in [0.2, 0.25) is 5.91 Å². The molecule has 1 N–H and O–H groups in total. The van der Waals surface area contributed by atoms with E-state index in [4.69, 9.17) is 16.3 Å². The molecule has 0 unspecified atom stereocenters. The standard InChI is InChI=1S/C15H22ClNO2/c1-19-12-5-4-11-17-15(18)10-6-8-13-7-2-3-9-14(13)16/h2-3,7,9H,4-6,8,10-12H2,1H3,(H,17,18). The predicted octanol–water partition coefficient (Wildman–Crippen LogP) is 3.21. The summed E-state index contributed by atoms with van der Waals surface area (Å²) in [6.07, 6.45) is 4.17. The van der Waals surface area contributed by atoms with Crippen molar-refractivity contribution in [3.63, 3.8) is 0 Å². The number of hydrogen-bond acceptors (Lipinski definition) is 2. The van der Waals surface area contributed by atoms with E-state index in [2.05, 4.69) is 5.32 Å². The molecule has 106 valence electrons. The average Bonchev–Trinajstić information content (AvgIpc) is 2.41. The fourth-order valence-corrected chi connectivity index (χ4v) is 2.06. The molecular formula is C15H22ClNO2. The number of ether oxygens (including phenoxy) is 1. The Kier molecular flexibility index (Phi) is 8.26. The van der Waals surface area contributed by atoms with Gasteiger partial charge in [-0.05, 0) is 37.3 Å². The van der Waals surface area contributed by atoms with Gasteiger partial charge >= 0.3 is 0 Å². The van der Waals surface area contributed by atoms with E-state index in [0.29, 0.717) is 6.42 Å². The molecular weight excluding hydrogens is 262 g/mol. The molecule has 0 aromatic heterocycles. The number of methoxy groups -OCH3 is 1. The number of nitrogens with one attached hydrogen (secondary N) is 1. The highest BCUT2D eigenvalue weighted by Gasteiger charge is 2.03. The number of halogens is 1. The molecule has 0 aliphatic carbocycles. The first-order valence-electron chi connectivity index (χ1n) is 6.73. The van der Waals surface area contributed by atoms with Crippen molar-refractivity contribution in [1.29, 1.82) is 0 Å². The lowest BCUT2D eigenvalue weighted by Gasteiger charge is -2.06. The molecule has 0 bridgehead atoms. The Labute approximate surface area is 120 Å². The van der Waals surface area contributed by atoms with Gasteiger partial charge in [0.05, 0.1) is 0 Å². The molecule has 0 atom stereocenters. The molecule has 4 heteroatoms. The lowest BCUT2D eigenvalue weighted by atomic mass is 10.1. The molecule has 0 saturated heterocycles. The van der Waals surface area contributed by atoms with Crippen molar-refractivity contribution in [3.05, 3.63) is 34.9 Å². The van der Waals surface area contributed by atoms with Crippen LogP contribution in [-0.2, 0) is 16.0 Å². The zero-order valence-corrected chi connectivity index (χ0v) is 12.2. The third-order valence-corrected chi connectivity index (χ3v) is 3.27. The van der Waals surface area contributed by atoms with Gasteiger partial charge in [0.25, 0.3) is 0 Å². The zero-order valence-electron chi connectivity index (χ0n) is 11.5. The van der Waals surface area contributed by atoms with Gasteiger partial charge in [-0.25, -0.2) is 0 Å². The van der Waals surface area contributed by atoms with Crippen LogP contribution in [0.15, 0.2) is 24.3 Å². The lowest BCUT2D eigenvalue weighted by Crippen LogP contribution is -2.24. The Morgan fingerprint density at radius 1 is 1.26 bits per heavy atom.